The van der Waals surface area contributed by atoms with Crippen LogP contribution >= 0.6 is 0 Å². The molecule has 192 valence electrons. The molecule has 1 atom stereocenters. The summed E-state index contributed by atoms with van der Waals surface area (Å²) in [6.07, 6.45) is 5.09. The molecule has 5 rings (SSSR count). The maximum absolute atomic E-state index is 14.2. The van der Waals surface area contributed by atoms with Gasteiger partial charge in [-0.1, -0.05) is 49.1 Å². The van der Waals surface area contributed by atoms with Gasteiger partial charge in [0.2, 0.25) is 5.91 Å². The van der Waals surface area contributed by atoms with E-state index in [0.29, 0.717) is 41.5 Å². The zero-order valence-electron chi connectivity index (χ0n) is 20.9. The Morgan fingerprint density at radius 1 is 0.892 bits per heavy atom. The van der Waals surface area contributed by atoms with E-state index in [9.17, 15) is 14.0 Å². The summed E-state index contributed by atoms with van der Waals surface area (Å²) in [4.78, 5) is 29.6. The molecule has 0 aromatic heterocycles. The summed E-state index contributed by atoms with van der Waals surface area (Å²) in [6, 6.07) is 17.3. The average Bonchev–Trinajstić information content (AvgIpc) is 2.93. The van der Waals surface area contributed by atoms with Crippen molar-refractivity contribution in [2.45, 2.75) is 51.1 Å². The number of nitrogens with zero attached hydrogens (tertiary/aromatic N) is 1. The van der Waals surface area contributed by atoms with Gasteiger partial charge in [0, 0.05) is 17.3 Å². The van der Waals surface area contributed by atoms with Crippen molar-refractivity contribution in [3.05, 3.63) is 89.2 Å². The van der Waals surface area contributed by atoms with E-state index in [4.69, 9.17) is 9.47 Å². The van der Waals surface area contributed by atoms with Crippen LogP contribution in [0.2, 0.25) is 0 Å². The van der Waals surface area contributed by atoms with Gasteiger partial charge in [0.15, 0.2) is 11.5 Å². The number of amides is 2. The molecule has 0 unspecified atom stereocenters. The molecular formula is C30H31FN2O4. The van der Waals surface area contributed by atoms with E-state index in [2.05, 4.69) is 5.32 Å². The Hall–Kier alpha value is -3.87. The van der Waals surface area contributed by atoms with Crippen LogP contribution in [0.3, 0.4) is 0 Å². The third kappa shape index (κ3) is 5.61. The van der Waals surface area contributed by atoms with E-state index >= 15 is 0 Å². The monoisotopic (exact) mass is 502 g/mol. The van der Waals surface area contributed by atoms with Crippen molar-refractivity contribution in [2.24, 2.45) is 0 Å². The zero-order chi connectivity index (χ0) is 25.8. The highest BCUT2D eigenvalue weighted by Crippen LogP contribution is 2.35. The van der Waals surface area contributed by atoms with Crippen LogP contribution in [0.4, 0.5) is 10.1 Å². The van der Waals surface area contributed by atoms with Crippen LogP contribution in [0.1, 0.15) is 59.6 Å². The molecule has 3 aromatic rings. The minimum atomic E-state index is -0.995. The van der Waals surface area contributed by atoms with Crippen LogP contribution in [-0.2, 0) is 4.79 Å². The number of nitrogens with one attached hydrogen (secondary N) is 1. The summed E-state index contributed by atoms with van der Waals surface area (Å²) in [5.41, 5.74) is 2.49. The van der Waals surface area contributed by atoms with E-state index in [1.807, 2.05) is 31.2 Å². The smallest absolute Gasteiger partial charge is 0.259 e. The van der Waals surface area contributed by atoms with Crippen LogP contribution in [0.25, 0.3) is 0 Å². The topological polar surface area (TPSA) is 67.9 Å². The van der Waals surface area contributed by atoms with E-state index in [1.54, 1.807) is 30.3 Å². The summed E-state index contributed by atoms with van der Waals surface area (Å²) < 4.78 is 25.2. The fourth-order valence-electron chi connectivity index (χ4n) is 4.99. The number of hydrogen-bond donors (Lipinski definition) is 1. The quantitative estimate of drug-likeness (QED) is 0.467. The number of rotatable bonds is 6. The second-order valence-corrected chi connectivity index (χ2v) is 9.67. The van der Waals surface area contributed by atoms with E-state index < -0.39 is 11.9 Å². The molecular weight excluding hydrogens is 471 g/mol. The van der Waals surface area contributed by atoms with Crippen molar-refractivity contribution in [3.8, 4) is 11.5 Å². The molecule has 6 nitrogen and oxygen atoms in total. The third-order valence-electron chi connectivity index (χ3n) is 6.96. The fraction of sp³-hybridized carbons (Fsp3) is 0.333. The molecule has 7 heteroatoms. The van der Waals surface area contributed by atoms with Gasteiger partial charge in [-0.05, 0) is 67.8 Å². The lowest BCUT2D eigenvalue weighted by molar-refractivity contribution is -0.123. The van der Waals surface area contributed by atoms with Crippen molar-refractivity contribution >= 4 is 17.5 Å². The largest absolute Gasteiger partial charge is 0.486 e. The first-order valence-corrected chi connectivity index (χ1v) is 12.9. The predicted octanol–water partition coefficient (Wildman–Crippen LogP) is 5.74. The molecule has 1 saturated carbocycles. The van der Waals surface area contributed by atoms with Gasteiger partial charge in [-0.15, -0.1) is 0 Å². The molecule has 1 aliphatic heterocycles. The lowest BCUT2D eigenvalue weighted by Gasteiger charge is -2.34. The number of halogens is 1. The molecule has 1 N–H and O–H groups in total. The molecule has 3 aromatic carbocycles. The lowest BCUT2D eigenvalue weighted by atomic mass is 9.94. The Balaban J connectivity index is 1.58. The van der Waals surface area contributed by atoms with Gasteiger partial charge >= 0.3 is 0 Å². The number of carbonyl (C=O) groups is 2. The number of anilines is 1. The SMILES string of the molecule is Cc1ccc(N(C(=O)c2ccc3c(c2)OCCO3)[C@@H](C(=O)NC2CCCCC2)c2ccc(F)cc2)cc1. The van der Waals surface area contributed by atoms with Crippen LogP contribution in [0, 0.1) is 12.7 Å². The molecule has 2 amide bonds. The van der Waals surface area contributed by atoms with Crippen LogP contribution in [0.15, 0.2) is 66.7 Å². The van der Waals surface area contributed by atoms with Gasteiger partial charge < -0.3 is 14.8 Å². The van der Waals surface area contributed by atoms with Gasteiger partial charge in [-0.25, -0.2) is 4.39 Å². The van der Waals surface area contributed by atoms with Gasteiger partial charge in [-0.3, -0.25) is 14.5 Å². The van der Waals surface area contributed by atoms with Gasteiger partial charge in [0.1, 0.15) is 25.1 Å². The highest BCUT2D eigenvalue weighted by atomic mass is 19.1. The zero-order valence-corrected chi connectivity index (χ0v) is 20.9. The first-order chi connectivity index (χ1) is 18.0. The summed E-state index contributed by atoms with van der Waals surface area (Å²) >= 11 is 0. The van der Waals surface area contributed by atoms with Crippen molar-refractivity contribution in [2.75, 3.05) is 18.1 Å². The number of ether oxygens (including phenoxy) is 2. The Morgan fingerprint density at radius 2 is 1.57 bits per heavy atom. The van der Waals surface area contributed by atoms with Crippen LogP contribution in [-0.4, -0.2) is 31.1 Å². The first-order valence-electron chi connectivity index (χ1n) is 12.9. The highest BCUT2D eigenvalue weighted by Gasteiger charge is 2.35. The molecule has 1 heterocycles. The number of hydrogen-bond acceptors (Lipinski definition) is 4. The number of carbonyl (C=O) groups excluding carboxylic acids is 2. The number of aryl methyl sites for hydroxylation is 1. The summed E-state index contributed by atoms with van der Waals surface area (Å²) in [7, 11) is 0. The summed E-state index contributed by atoms with van der Waals surface area (Å²) in [5, 5.41) is 3.18. The molecule has 0 saturated heterocycles. The van der Waals surface area contributed by atoms with E-state index in [1.165, 1.54) is 17.0 Å². The Morgan fingerprint density at radius 3 is 2.27 bits per heavy atom. The molecule has 0 bridgehead atoms. The maximum Gasteiger partial charge on any atom is 0.259 e. The van der Waals surface area contributed by atoms with E-state index in [-0.39, 0.29) is 17.9 Å². The molecule has 2 aliphatic rings. The third-order valence-corrected chi connectivity index (χ3v) is 6.96. The Labute approximate surface area is 216 Å². The molecule has 37 heavy (non-hydrogen) atoms. The molecule has 1 fully saturated rings. The number of fused-ring (bicyclic) bond motifs is 1. The minimum absolute atomic E-state index is 0.0495. The highest BCUT2D eigenvalue weighted by molar-refractivity contribution is 6.10. The standard InChI is InChI=1S/C30H31FN2O4/c1-20-7-14-25(15-8-20)33(30(35)22-11-16-26-27(19-22)37-18-17-36-26)28(21-9-12-23(31)13-10-21)29(34)32-24-5-3-2-4-6-24/h7-16,19,24,28H,2-6,17-18H2,1H3,(H,32,34)/t28-/m1/s1. The lowest BCUT2D eigenvalue weighted by Crippen LogP contribution is -2.47. The number of benzene rings is 3. The second kappa shape index (κ2) is 11.0. The average molecular weight is 503 g/mol. The molecule has 0 radical (unpaired) electrons. The summed E-state index contributed by atoms with van der Waals surface area (Å²) in [6.45, 7) is 2.81. The van der Waals surface area contributed by atoms with Crippen molar-refractivity contribution in [3.63, 3.8) is 0 Å². The van der Waals surface area contributed by atoms with Crippen LogP contribution in [0.5, 0.6) is 11.5 Å². The Kier molecular flexibility index (Phi) is 7.40. The van der Waals surface area contributed by atoms with Gasteiger partial charge in [-0.2, -0.15) is 0 Å². The first kappa shape index (κ1) is 24.8. The predicted molar refractivity (Wildman–Crippen MR) is 140 cm³/mol. The van der Waals surface area contributed by atoms with Gasteiger partial charge in [0.05, 0.1) is 0 Å². The van der Waals surface area contributed by atoms with E-state index in [0.717, 1.165) is 37.7 Å². The van der Waals surface area contributed by atoms with Crippen molar-refractivity contribution in [1.29, 1.82) is 0 Å². The fourth-order valence-corrected chi connectivity index (χ4v) is 4.99. The van der Waals surface area contributed by atoms with Crippen LogP contribution < -0.4 is 19.7 Å². The molecule has 0 spiro atoms. The van der Waals surface area contributed by atoms with Gasteiger partial charge in [0.25, 0.3) is 5.91 Å². The van der Waals surface area contributed by atoms with Crippen molar-refractivity contribution < 1.29 is 23.5 Å². The maximum atomic E-state index is 14.2. The normalized spacial score (nSPS) is 16.1. The molecule has 1 aliphatic carbocycles. The Bertz CT molecular complexity index is 1250. The second-order valence-electron chi connectivity index (χ2n) is 9.67. The minimum Gasteiger partial charge on any atom is -0.486 e. The van der Waals surface area contributed by atoms with Crippen molar-refractivity contribution in [1.82, 2.24) is 5.32 Å². The summed E-state index contributed by atoms with van der Waals surface area (Å²) in [5.74, 6) is 0.00918.